The van der Waals surface area contributed by atoms with Crippen LogP contribution in [0.2, 0.25) is 0 Å². The SMILES string of the molecule is CN(C)c1ccc(C(F)(F)F)cc1NC(=O)Cn1c(C(F)(F)F)nc2ccccc21. The Kier molecular flexibility index (Phi) is 5.40. The van der Waals surface area contributed by atoms with E-state index in [2.05, 4.69) is 10.3 Å². The average molecular weight is 430 g/mol. The first-order valence-electron chi connectivity index (χ1n) is 8.59. The van der Waals surface area contributed by atoms with Crippen LogP contribution in [-0.2, 0) is 23.7 Å². The third kappa shape index (κ3) is 4.34. The summed E-state index contributed by atoms with van der Waals surface area (Å²) in [5, 5.41) is 2.29. The van der Waals surface area contributed by atoms with Crippen molar-refractivity contribution < 1.29 is 31.1 Å². The summed E-state index contributed by atoms with van der Waals surface area (Å²) < 4.78 is 79.9. The van der Waals surface area contributed by atoms with Crippen LogP contribution < -0.4 is 10.2 Å². The van der Waals surface area contributed by atoms with Crippen molar-refractivity contribution in [2.45, 2.75) is 18.9 Å². The normalized spacial score (nSPS) is 12.3. The molecule has 2 aromatic carbocycles. The number of para-hydroxylation sites is 2. The number of alkyl halides is 6. The maximum atomic E-state index is 13.4. The van der Waals surface area contributed by atoms with E-state index in [0.717, 1.165) is 12.1 Å². The number of nitrogens with zero attached hydrogens (tertiary/aromatic N) is 3. The molecule has 0 saturated heterocycles. The number of halogens is 6. The van der Waals surface area contributed by atoms with Crippen molar-refractivity contribution in [3.63, 3.8) is 0 Å². The molecule has 0 aliphatic rings. The maximum absolute atomic E-state index is 13.4. The number of amides is 1. The van der Waals surface area contributed by atoms with Gasteiger partial charge in [-0.15, -0.1) is 0 Å². The third-order valence-corrected chi connectivity index (χ3v) is 4.29. The monoisotopic (exact) mass is 430 g/mol. The molecule has 0 aliphatic carbocycles. The summed E-state index contributed by atoms with van der Waals surface area (Å²) in [7, 11) is 3.12. The lowest BCUT2D eigenvalue weighted by molar-refractivity contribution is -0.147. The van der Waals surface area contributed by atoms with E-state index < -0.39 is 36.2 Å². The van der Waals surface area contributed by atoms with Crippen LogP contribution in [0.25, 0.3) is 11.0 Å². The van der Waals surface area contributed by atoms with Gasteiger partial charge in [0.05, 0.1) is 28.0 Å². The van der Waals surface area contributed by atoms with E-state index in [0.29, 0.717) is 4.57 Å². The lowest BCUT2D eigenvalue weighted by Gasteiger charge is -2.20. The number of benzene rings is 2. The van der Waals surface area contributed by atoms with Crippen LogP contribution in [0.3, 0.4) is 0 Å². The van der Waals surface area contributed by atoms with Gasteiger partial charge in [-0.1, -0.05) is 12.1 Å². The number of fused-ring (bicyclic) bond motifs is 1. The van der Waals surface area contributed by atoms with Crippen molar-refractivity contribution >= 4 is 28.3 Å². The van der Waals surface area contributed by atoms with Crippen LogP contribution in [0.5, 0.6) is 0 Å². The van der Waals surface area contributed by atoms with E-state index in [1.54, 1.807) is 14.1 Å². The number of hydrogen-bond donors (Lipinski definition) is 1. The van der Waals surface area contributed by atoms with Crippen molar-refractivity contribution in [1.29, 1.82) is 0 Å². The van der Waals surface area contributed by atoms with Gasteiger partial charge in [0.25, 0.3) is 0 Å². The first-order chi connectivity index (χ1) is 13.9. The molecule has 0 unspecified atom stereocenters. The minimum Gasteiger partial charge on any atom is -0.376 e. The van der Waals surface area contributed by atoms with Gasteiger partial charge in [0.2, 0.25) is 11.7 Å². The highest BCUT2D eigenvalue weighted by molar-refractivity contribution is 5.95. The van der Waals surface area contributed by atoms with Crippen LogP contribution in [-0.4, -0.2) is 29.6 Å². The Hall–Kier alpha value is -3.24. The molecule has 1 amide bonds. The summed E-state index contributed by atoms with van der Waals surface area (Å²) >= 11 is 0. The van der Waals surface area contributed by atoms with Gasteiger partial charge in [0, 0.05) is 14.1 Å². The molecule has 1 N–H and O–H groups in total. The van der Waals surface area contributed by atoms with Crippen molar-refractivity contribution in [2.24, 2.45) is 0 Å². The predicted molar refractivity (Wildman–Crippen MR) is 99.1 cm³/mol. The molecule has 0 fully saturated rings. The molecule has 30 heavy (non-hydrogen) atoms. The topological polar surface area (TPSA) is 50.2 Å². The van der Waals surface area contributed by atoms with E-state index in [1.165, 1.54) is 35.2 Å². The number of rotatable bonds is 4. The summed E-state index contributed by atoms with van der Waals surface area (Å²) in [6.45, 7) is -0.779. The summed E-state index contributed by atoms with van der Waals surface area (Å²) in [4.78, 5) is 17.5. The van der Waals surface area contributed by atoms with Crippen LogP contribution >= 0.6 is 0 Å². The summed E-state index contributed by atoms with van der Waals surface area (Å²) in [5.74, 6) is -2.19. The van der Waals surface area contributed by atoms with Gasteiger partial charge in [-0.3, -0.25) is 4.79 Å². The van der Waals surface area contributed by atoms with Crippen molar-refractivity contribution in [1.82, 2.24) is 9.55 Å². The molecular formula is C19H16F6N4O. The molecule has 0 saturated carbocycles. The largest absolute Gasteiger partial charge is 0.449 e. The Balaban J connectivity index is 1.97. The van der Waals surface area contributed by atoms with E-state index in [9.17, 15) is 31.1 Å². The van der Waals surface area contributed by atoms with Gasteiger partial charge >= 0.3 is 12.4 Å². The first kappa shape index (κ1) is 21.5. The minimum absolute atomic E-state index is 0.0469. The molecule has 0 aliphatic heterocycles. The molecule has 3 aromatic rings. The van der Waals surface area contributed by atoms with Gasteiger partial charge in [0.15, 0.2) is 0 Å². The number of anilines is 2. The average Bonchev–Trinajstić information content (AvgIpc) is 2.99. The molecule has 1 aromatic heterocycles. The first-order valence-corrected chi connectivity index (χ1v) is 8.59. The standard InChI is InChI=1S/C19H16F6N4O/c1-28(2)14-8-7-11(18(20,21)22)9-13(14)26-16(30)10-29-15-6-4-3-5-12(15)27-17(29)19(23,24)25/h3-9H,10H2,1-2H3,(H,26,30). The fourth-order valence-electron chi connectivity index (χ4n) is 2.99. The lowest BCUT2D eigenvalue weighted by Crippen LogP contribution is -2.24. The highest BCUT2D eigenvalue weighted by Crippen LogP contribution is 2.35. The molecule has 160 valence electrons. The van der Waals surface area contributed by atoms with Crippen molar-refractivity contribution in [3.8, 4) is 0 Å². The Morgan fingerprint density at radius 3 is 2.30 bits per heavy atom. The number of aromatic nitrogens is 2. The third-order valence-electron chi connectivity index (χ3n) is 4.29. The fourth-order valence-corrected chi connectivity index (χ4v) is 2.99. The zero-order chi connectivity index (χ0) is 22.3. The second kappa shape index (κ2) is 7.54. The number of hydrogen-bond acceptors (Lipinski definition) is 3. The van der Waals surface area contributed by atoms with Crippen LogP contribution in [0, 0.1) is 0 Å². The number of nitrogens with one attached hydrogen (secondary N) is 1. The summed E-state index contributed by atoms with van der Waals surface area (Å²) in [6.07, 6.45) is -9.46. The lowest BCUT2D eigenvalue weighted by atomic mass is 10.1. The Morgan fingerprint density at radius 1 is 1.03 bits per heavy atom. The van der Waals surface area contributed by atoms with E-state index in [4.69, 9.17) is 0 Å². The highest BCUT2D eigenvalue weighted by atomic mass is 19.4. The molecule has 3 rings (SSSR count). The highest BCUT2D eigenvalue weighted by Gasteiger charge is 2.38. The molecule has 0 bridgehead atoms. The predicted octanol–water partition coefficient (Wildman–Crippen LogP) is 4.78. The van der Waals surface area contributed by atoms with Crippen LogP contribution in [0.4, 0.5) is 37.7 Å². The molecule has 0 atom stereocenters. The molecule has 11 heteroatoms. The van der Waals surface area contributed by atoms with Gasteiger partial charge in [-0.25, -0.2) is 4.98 Å². The molecule has 1 heterocycles. The second-order valence-electron chi connectivity index (χ2n) is 6.68. The zero-order valence-corrected chi connectivity index (χ0v) is 15.8. The number of imidazole rings is 1. The van der Waals surface area contributed by atoms with Gasteiger partial charge in [-0.05, 0) is 30.3 Å². The zero-order valence-electron chi connectivity index (χ0n) is 15.8. The van der Waals surface area contributed by atoms with Gasteiger partial charge in [-0.2, -0.15) is 26.3 Å². The quantitative estimate of drug-likeness (QED) is 0.607. The Morgan fingerprint density at radius 2 is 1.70 bits per heavy atom. The van der Waals surface area contributed by atoms with Crippen molar-refractivity contribution in [2.75, 3.05) is 24.3 Å². The molecular weight excluding hydrogens is 414 g/mol. The van der Waals surface area contributed by atoms with E-state index in [-0.39, 0.29) is 22.4 Å². The van der Waals surface area contributed by atoms with Crippen LogP contribution in [0.1, 0.15) is 11.4 Å². The Labute approximate surface area is 166 Å². The molecule has 0 spiro atoms. The fraction of sp³-hybridized carbons (Fsp3) is 0.263. The summed E-state index contributed by atoms with van der Waals surface area (Å²) in [5.41, 5.74) is -0.768. The maximum Gasteiger partial charge on any atom is 0.449 e. The number of carbonyl (C=O) groups is 1. The van der Waals surface area contributed by atoms with E-state index >= 15 is 0 Å². The summed E-state index contributed by atoms with van der Waals surface area (Å²) in [6, 6.07) is 8.52. The van der Waals surface area contributed by atoms with Gasteiger partial charge in [0.1, 0.15) is 6.54 Å². The Bertz CT molecular complexity index is 1080. The van der Waals surface area contributed by atoms with E-state index in [1.807, 2.05) is 0 Å². The van der Waals surface area contributed by atoms with Crippen LogP contribution in [0.15, 0.2) is 42.5 Å². The smallest absolute Gasteiger partial charge is 0.376 e. The minimum atomic E-state index is -4.82. The number of carbonyl (C=O) groups excluding carboxylic acids is 1. The second-order valence-corrected chi connectivity index (χ2v) is 6.68. The molecule has 5 nitrogen and oxygen atoms in total. The van der Waals surface area contributed by atoms with Gasteiger partial charge < -0.3 is 14.8 Å². The molecule has 0 radical (unpaired) electrons. The van der Waals surface area contributed by atoms with Crippen molar-refractivity contribution in [3.05, 3.63) is 53.9 Å².